The lowest BCUT2D eigenvalue weighted by atomic mass is 10.1. The minimum absolute atomic E-state index is 0.259. The van der Waals surface area contributed by atoms with E-state index in [1.54, 1.807) is 24.3 Å². The number of nitrogens with one attached hydrogen (secondary N) is 1. The van der Waals surface area contributed by atoms with Crippen LogP contribution in [0, 0.1) is 11.6 Å². The highest BCUT2D eigenvalue weighted by atomic mass is 19.1. The second kappa shape index (κ2) is 8.17. The van der Waals surface area contributed by atoms with Crippen LogP contribution >= 0.6 is 0 Å². The van der Waals surface area contributed by atoms with E-state index in [9.17, 15) is 13.6 Å². The quantitative estimate of drug-likeness (QED) is 0.689. The molecule has 1 aliphatic rings. The monoisotopic (exact) mass is 398 g/mol. The molecule has 2 aromatic carbocycles. The number of carbonyl (C=O) groups is 1. The third kappa shape index (κ3) is 4.63. The maximum Gasteiger partial charge on any atom is 0.269 e. The van der Waals surface area contributed by atoms with Gasteiger partial charge in [0.1, 0.15) is 23.5 Å². The number of hydrogen-bond acceptors (Lipinski definition) is 6. The summed E-state index contributed by atoms with van der Waals surface area (Å²) >= 11 is 0. The minimum Gasteiger partial charge on any atom is -0.391 e. The van der Waals surface area contributed by atoms with Gasteiger partial charge in [-0.3, -0.25) is 4.79 Å². The van der Waals surface area contributed by atoms with Gasteiger partial charge in [0, 0.05) is 18.5 Å². The maximum absolute atomic E-state index is 13.0. The molecule has 1 aromatic heterocycles. The minimum atomic E-state index is -0.389. The number of amides is 1. The van der Waals surface area contributed by atoms with Crippen LogP contribution in [0.5, 0.6) is 0 Å². The average molecular weight is 398 g/mol. The molecule has 1 atom stereocenters. The zero-order valence-corrected chi connectivity index (χ0v) is 15.1. The van der Waals surface area contributed by atoms with Crippen molar-refractivity contribution in [2.75, 3.05) is 0 Å². The fourth-order valence-electron chi connectivity index (χ4n) is 2.81. The van der Waals surface area contributed by atoms with Crippen LogP contribution in [0.2, 0.25) is 0 Å². The van der Waals surface area contributed by atoms with E-state index in [2.05, 4.69) is 20.6 Å². The van der Waals surface area contributed by atoms with Crippen LogP contribution in [0.25, 0.3) is 11.5 Å². The van der Waals surface area contributed by atoms with Gasteiger partial charge in [-0.2, -0.15) is 4.98 Å². The highest BCUT2D eigenvalue weighted by Crippen LogP contribution is 2.20. The van der Waals surface area contributed by atoms with Gasteiger partial charge in [-0.25, -0.2) is 8.78 Å². The molecule has 0 saturated heterocycles. The van der Waals surface area contributed by atoms with Crippen molar-refractivity contribution in [3.05, 3.63) is 71.6 Å². The summed E-state index contributed by atoms with van der Waals surface area (Å²) in [6.45, 7) is 0.259. The number of carbonyl (C=O) groups excluding carboxylic acids is 1. The molecule has 4 rings (SSSR count). The van der Waals surface area contributed by atoms with E-state index in [1.807, 2.05) is 0 Å². The molecule has 0 fully saturated rings. The first-order chi connectivity index (χ1) is 14.1. The van der Waals surface area contributed by atoms with E-state index in [0.717, 1.165) is 5.56 Å². The molecule has 0 aliphatic carbocycles. The van der Waals surface area contributed by atoms with Crippen LogP contribution in [0.4, 0.5) is 8.78 Å². The van der Waals surface area contributed by atoms with Crippen molar-refractivity contribution >= 4 is 11.6 Å². The Hall–Kier alpha value is -3.62. The number of hydrogen-bond donors (Lipinski definition) is 1. The van der Waals surface area contributed by atoms with E-state index in [-0.39, 0.29) is 41.8 Å². The Morgan fingerprint density at radius 2 is 1.76 bits per heavy atom. The first kappa shape index (κ1) is 18.7. The third-order valence-corrected chi connectivity index (χ3v) is 4.33. The number of halogens is 2. The number of rotatable bonds is 6. The van der Waals surface area contributed by atoms with Crippen LogP contribution in [-0.2, 0) is 22.6 Å². The number of nitrogens with zero attached hydrogens (tertiary/aromatic N) is 3. The van der Waals surface area contributed by atoms with E-state index in [0.29, 0.717) is 24.2 Å². The normalized spacial score (nSPS) is 15.7. The molecule has 1 aliphatic heterocycles. The van der Waals surface area contributed by atoms with Crippen molar-refractivity contribution in [2.24, 2.45) is 5.16 Å². The van der Waals surface area contributed by atoms with Crippen LogP contribution in [0.15, 0.2) is 58.2 Å². The van der Waals surface area contributed by atoms with Crippen molar-refractivity contribution in [3.8, 4) is 11.5 Å². The summed E-state index contributed by atoms with van der Waals surface area (Å²) in [6, 6.07) is 11.6. The molecule has 9 heteroatoms. The summed E-state index contributed by atoms with van der Waals surface area (Å²) in [7, 11) is 0. The Labute approximate surface area is 164 Å². The van der Waals surface area contributed by atoms with Gasteiger partial charge in [-0.05, 0) is 42.0 Å². The molecule has 148 valence electrons. The van der Waals surface area contributed by atoms with Crippen molar-refractivity contribution in [1.82, 2.24) is 15.5 Å². The average Bonchev–Trinajstić information content (AvgIpc) is 3.38. The van der Waals surface area contributed by atoms with Gasteiger partial charge in [-0.15, -0.1) is 0 Å². The fourth-order valence-corrected chi connectivity index (χ4v) is 2.81. The summed E-state index contributed by atoms with van der Waals surface area (Å²) < 4.78 is 31.1. The van der Waals surface area contributed by atoms with Crippen molar-refractivity contribution in [2.45, 2.75) is 25.5 Å². The predicted molar refractivity (Wildman–Crippen MR) is 98.6 cm³/mol. The first-order valence-electron chi connectivity index (χ1n) is 8.90. The lowest BCUT2D eigenvalue weighted by Crippen LogP contribution is -2.30. The Morgan fingerprint density at radius 1 is 1.07 bits per heavy atom. The highest BCUT2D eigenvalue weighted by Gasteiger charge is 2.27. The topological polar surface area (TPSA) is 89.6 Å². The second-order valence-electron chi connectivity index (χ2n) is 6.51. The summed E-state index contributed by atoms with van der Waals surface area (Å²) in [4.78, 5) is 21.8. The zero-order chi connectivity index (χ0) is 20.2. The molecule has 7 nitrogen and oxygen atoms in total. The van der Waals surface area contributed by atoms with Crippen LogP contribution in [-0.4, -0.2) is 27.9 Å². The number of oxime groups is 1. The molecular formula is C20H16F2N4O3. The van der Waals surface area contributed by atoms with E-state index < -0.39 is 0 Å². The molecular weight excluding hydrogens is 382 g/mol. The summed E-state index contributed by atoms with van der Waals surface area (Å²) in [5.74, 6) is -0.360. The third-order valence-electron chi connectivity index (χ3n) is 4.33. The van der Waals surface area contributed by atoms with E-state index >= 15 is 0 Å². The van der Waals surface area contributed by atoms with Gasteiger partial charge in [0.15, 0.2) is 5.82 Å². The molecule has 0 radical (unpaired) electrons. The molecule has 3 aromatic rings. The van der Waals surface area contributed by atoms with Crippen LogP contribution < -0.4 is 5.32 Å². The molecule has 1 N–H and O–H groups in total. The lowest BCUT2D eigenvalue weighted by molar-refractivity contribution is -0.115. The molecule has 0 saturated carbocycles. The first-order valence-corrected chi connectivity index (χ1v) is 8.90. The zero-order valence-electron chi connectivity index (χ0n) is 15.1. The Bertz CT molecular complexity index is 1030. The van der Waals surface area contributed by atoms with Crippen molar-refractivity contribution < 1.29 is 22.9 Å². The maximum atomic E-state index is 13.0. The molecule has 2 heterocycles. The van der Waals surface area contributed by atoms with Gasteiger partial charge in [0.2, 0.25) is 0 Å². The highest BCUT2D eigenvalue weighted by molar-refractivity contribution is 6.39. The Balaban J connectivity index is 1.29. The van der Waals surface area contributed by atoms with E-state index in [4.69, 9.17) is 9.36 Å². The smallest absolute Gasteiger partial charge is 0.269 e. The number of benzene rings is 2. The fraction of sp³-hybridized carbons (Fsp3) is 0.200. The van der Waals surface area contributed by atoms with Gasteiger partial charge in [0.25, 0.3) is 11.8 Å². The molecule has 0 bridgehead atoms. The summed E-state index contributed by atoms with van der Waals surface area (Å²) in [6.07, 6.45) is 0.221. The Kier molecular flexibility index (Phi) is 5.28. The molecule has 0 spiro atoms. The van der Waals surface area contributed by atoms with Crippen LogP contribution in [0.3, 0.4) is 0 Å². The Morgan fingerprint density at radius 3 is 2.48 bits per heavy atom. The van der Waals surface area contributed by atoms with Gasteiger partial charge < -0.3 is 14.7 Å². The second-order valence-corrected chi connectivity index (χ2v) is 6.51. The van der Waals surface area contributed by atoms with Gasteiger partial charge in [0.05, 0.1) is 6.42 Å². The predicted octanol–water partition coefficient (Wildman–Crippen LogP) is 3.02. The molecule has 29 heavy (non-hydrogen) atoms. The summed E-state index contributed by atoms with van der Waals surface area (Å²) in [5, 5.41) is 10.4. The molecule has 1 amide bonds. The SMILES string of the molecule is O=C(NCc1ccc(F)cc1)C1=NO[C@H](Cc2noc(-c3ccc(F)cc3)n2)C1. The van der Waals surface area contributed by atoms with Gasteiger partial charge >= 0.3 is 0 Å². The summed E-state index contributed by atoms with van der Waals surface area (Å²) in [5.41, 5.74) is 1.64. The molecule has 0 unspecified atom stereocenters. The van der Waals surface area contributed by atoms with Crippen molar-refractivity contribution in [1.29, 1.82) is 0 Å². The standard InChI is InChI=1S/C20H16F2N4O3/c21-14-5-1-12(2-6-14)11-23-19(27)17-9-16(28-25-17)10-18-24-20(29-26-18)13-3-7-15(22)8-4-13/h1-8,16H,9-11H2,(H,23,27)/t16-/m0/s1. The van der Waals surface area contributed by atoms with Crippen LogP contribution in [0.1, 0.15) is 17.8 Å². The number of aromatic nitrogens is 2. The van der Waals surface area contributed by atoms with Gasteiger partial charge in [-0.1, -0.05) is 22.4 Å². The van der Waals surface area contributed by atoms with E-state index in [1.165, 1.54) is 24.3 Å². The van der Waals surface area contributed by atoms with Crippen molar-refractivity contribution in [3.63, 3.8) is 0 Å². The largest absolute Gasteiger partial charge is 0.391 e. The lowest BCUT2D eigenvalue weighted by Gasteiger charge is -2.05.